The summed E-state index contributed by atoms with van der Waals surface area (Å²) in [6.07, 6.45) is 1.59. The maximum atomic E-state index is 5.83. The van der Waals surface area contributed by atoms with Crippen molar-refractivity contribution in [3.05, 3.63) is 52.4 Å². The Morgan fingerprint density at radius 1 is 1.15 bits per heavy atom. The molecule has 0 bridgehead atoms. The summed E-state index contributed by atoms with van der Waals surface area (Å²) in [6, 6.07) is 11.8. The number of fused-ring (bicyclic) bond motifs is 3. The van der Waals surface area contributed by atoms with Gasteiger partial charge in [0.1, 0.15) is 0 Å². The summed E-state index contributed by atoms with van der Waals surface area (Å²) >= 11 is 8.86. The van der Waals surface area contributed by atoms with Gasteiger partial charge < -0.3 is 0 Å². The summed E-state index contributed by atoms with van der Waals surface area (Å²) in [4.78, 5) is 10.5. The number of para-hydroxylation sites is 1. The van der Waals surface area contributed by atoms with E-state index >= 15 is 0 Å². The minimum atomic E-state index is 0.604. The molecule has 3 aromatic heterocycles. The second kappa shape index (κ2) is 4.66. The van der Waals surface area contributed by atoms with E-state index in [9.17, 15) is 0 Å². The van der Waals surface area contributed by atoms with Gasteiger partial charge >= 0.3 is 0 Å². The Labute approximate surface area is 126 Å². The Kier molecular flexibility index (Phi) is 2.80. The first-order valence-corrected chi connectivity index (χ1v) is 7.80. The van der Waals surface area contributed by atoms with E-state index in [1.54, 1.807) is 29.7 Å². The van der Waals surface area contributed by atoms with E-state index < -0.39 is 0 Å². The molecule has 0 amide bonds. The van der Waals surface area contributed by atoms with Gasteiger partial charge in [0, 0.05) is 17.7 Å². The summed E-state index contributed by atoms with van der Waals surface area (Å²) in [7, 11) is 0. The van der Waals surface area contributed by atoms with Crippen molar-refractivity contribution in [2.24, 2.45) is 4.99 Å². The van der Waals surface area contributed by atoms with Crippen LogP contribution < -0.4 is 4.80 Å². The molecule has 0 unspecified atom stereocenters. The molecule has 0 saturated carbocycles. The first-order valence-electron chi connectivity index (χ1n) is 5.83. The molecule has 20 heavy (non-hydrogen) atoms. The molecule has 0 aliphatic carbocycles. The van der Waals surface area contributed by atoms with E-state index in [1.807, 2.05) is 12.1 Å². The highest BCUT2D eigenvalue weighted by Gasteiger charge is 2.07. The summed E-state index contributed by atoms with van der Waals surface area (Å²) in [5.74, 6) is 0.628. The number of benzene rings is 1. The lowest BCUT2D eigenvalue weighted by Gasteiger charge is -1.92. The van der Waals surface area contributed by atoms with Gasteiger partial charge in [-0.05, 0) is 24.3 Å². The molecule has 0 aliphatic heterocycles. The predicted molar refractivity (Wildman–Crippen MR) is 82.9 cm³/mol. The zero-order chi connectivity index (χ0) is 13.5. The van der Waals surface area contributed by atoms with Crippen molar-refractivity contribution in [1.82, 2.24) is 13.8 Å². The van der Waals surface area contributed by atoms with Crippen molar-refractivity contribution in [3.8, 4) is 0 Å². The van der Waals surface area contributed by atoms with Crippen molar-refractivity contribution < 1.29 is 0 Å². The highest BCUT2D eigenvalue weighted by atomic mass is 35.5. The van der Waals surface area contributed by atoms with Crippen LogP contribution in [0.25, 0.3) is 15.2 Å². The van der Waals surface area contributed by atoms with Gasteiger partial charge in [-0.25, -0.2) is 4.98 Å². The number of hydrogen-bond donors (Lipinski definition) is 0. The second-order valence-electron chi connectivity index (χ2n) is 4.10. The fourth-order valence-electron chi connectivity index (χ4n) is 1.94. The second-order valence-corrected chi connectivity index (χ2v) is 6.28. The molecule has 0 fully saturated rings. The molecule has 4 aromatic rings. The summed E-state index contributed by atoms with van der Waals surface area (Å²) < 4.78 is 7.70. The predicted octanol–water partition coefficient (Wildman–Crippen LogP) is 3.89. The van der Waals surface area contributed by atoms with E-state index in [1.165, 1.54) is 16.2 Å². The van der Waals surface area contributed by atoms with Crippen molar-refractivity contribution in [1.29, 1.82) is 0 Å². The minimum absolute atomic E-state index is 0.604. The Hall–Kier alpha value is -1.76. The Morgan fingerprint density at radius 2 is 2.05 bits per heavy atom. The van der Waals surface area contributed by atoms with Gasteiger partial charge in [0.25, 0.3) is 0 Å². The summed E-state index contributed by atoms with van der Waals surface area (Å²) in [6.45, 7) is 0. The molecule has 4 nitrogen and oxygen atoms in total. The van der Waals surface area contributed by atoms with E-state index in [0.717, 1.165) is 15.3 Å². The molecule has 0 radical (unpaired) electrons. The molecular weight excluding hydrogens is 312 g/mol. The van der Waals surface area contributed by atoms with Gasteiger partial charge in [0.05, 0.1) is 15.2 Å². The molecule has 98 valence electrons. The fourth-order valence-corrected chi connectivity index (χ4v) is 3.90. The molecule has 0 saturated heterocycles. The van der Waals surface area contributed by atoms with Crippen molar-refractivity contribution in [3.63, 3.8) is 0 Å². The molecule has 0 aliphatic rings. The van der Waals surface area contributed by atoms with Gasteiger partial charge in [0.2, 0.25) is 9.76 Å². The number of halogens is 1. The van der Waals surface area contributed by atoms with E-state index in [4.69, 9.17) is 11.6 Å². The average molecular weight is 319 g/mol. The van der Waals surface area contributed by atoms with E-state index in [2.05, 4.69) is 30.9 Å². The molecule has 7 heteroatoms. The maximum absolute atomic E-state index is 5.83. The zero-order valence-corrected chi connectivity index (χ0v) is 12.4. The van der Waals surface area contributed by atoms with Crippen molar-refractivity contribution >= 4 is 55.5 Å². The van der Waals surface area contributed by atoms with Crippen LogP contribution in [-0.4, -0.2) is 13.8 Å². The molecule has 0 N–H and O–H groups in total. The SMILES string of the molecule is Clc1ccc(N=c2snc3sc4ccccc4n23)nc1. The van der Waals surface area contributed by atoms with Gasteiger partial charge in [-0.2, -0.15) is 9.37 Å². The van der Waals surface area contributed by atoms with Crippen LogP contribution in [-0.2, 0) is 0 Å². The van der Waals surface area contributed by atoms with Crippen LogP contribution in [0.5, 0.6) is 0 Å². The van der Waals surface area contributed by atoms with Crippen LogP contribution >= 0.6 is 34.5 Å². The quantitative estimate of drug-likeness (QED) is 0.534. The number of aromatic nitrogens is 3. The maximum Gasteiger partial charge on any atom is 0.216 e. The molecule has 1 aromatic carbocycles. The number of thiazole rings is 1. The topological polar surface area (TPSA) is 42.5 Å². The van der Waals surface area contributed by atoms with Gasteiger partial charge in [-0.15, -0.1) is 0 Å². The third kappa shape index (κ3) is 1.93. The number of rotatable bonds is 1. The summed E-state index contributed by atoms with van der Waals surface area (Å²) in [5.41, 5.74) is 1.12. The van der Waals surface area contributed by atoms with Crippen molar-refractivity contribution in [2.75, 3.05) is 0 Å². The molecule has 0 atom stereocenters. The van der Waals surface area contributed by atoms with Gasteiger partial charge in [-0.1, -0.05) is 35.1 Å². The average Bonchev–Trinajstić information content (AvgIpc) is 3.01. The van der Waals surface area contributed by atoms with E-state index in [0.29, 0.717) is 10.8 Å². The molecule has 0 spiro atoms. The first-order chi connectivity index (χ1) is 9.81. The van der Waals surface area contributed by atoms with Crippen LogP contribution in [0.4, 0.5) is 5.82 Å². The first kappa shape index (κ1) is 12.0. The minimum Gasteiger partial charge on any atom is -0.258 e. The lowest BCUT2D eigenvalue weighted by atomic mass is 10.3. The molecule has 3 heterocycles. The third-order valence-corrected chi connectivity index (χ3v) is 4.88. The van der Waals surface area contributed by atoms with Crippen LogP contribution in [0.2, 0.25) is 5.02 Å². The van der Waals surface area contributed by atoms with E-state index in [-0.39, 0.29) is 0 Å². The zero-order valence-electron chi connectivity index (χ0n) is 10.0. The largest absolute Gasteiger partial charge is 0.258 e. The highest BCUT2D eigenvalue weighted by Crippen LogP contribution is 2.24. The van der Waals surface area contributed by atoms with Gasteiger partial charge in [-0.3, -0.25) is 4.40 Å². The van der Waals surface area contributed by atoms with Crippen LogP contribution in [0.3, 0.4) is 0 Å². The van der Waals surface area contributed by atoms with Crippen LogP contribution in [0.1, 0.15) is 0 Å². The third-order valence-electron chi connectivity index (χ3n) is 2.82. The fraction of sp³-hybridized carbons (Fsp3) is 0. The lowest BCUT2D eigenvalue weighted by molar-refractivity contribution is 1.13. The Balaban J connectivity index is 2.02. The highest BCUT2D eigenvalue weighted by molar-refractivity contribution is 7.24. The normalized spacial score (nSPS) is 12.6. The smallest absolute Gasteiger partial charge is 0.216 e. The number of nitrogens with zero attached hydrogens (tertiary/aromatic N) is 4. The van der Waals surface area contributed by atoms with Crippen LogP contribution in [0, 0.1) is 0 Å². The molecular formula is C13H7ClN4S2. The van der Waals surface area contributed by atoms with Crippen LogP contribution in [0.15, 0.2) is 47.6 Å². The monoisotopic (exact) mass is 318 g/mol. The molecule has 4 rings (SSSR count). The Morgan fingerprint density at radius 3 is 2.90 bits per heavy atom. The standard InChI is InChI=1S/C13H7ClN4S2/c14-8-5-6-11(15-7-8)16-12-18-9-3-1-2-4-10(9)19-13(18)17-20-12/h1-7H. The summed E-state index contributed by atoms with van der Waals surface area (Å²) in [5, 5.41) is 0.604. The Bertz CT molecular complexity index is 965. The van der Waals surface area contributed by atoms with Crippen molar-refractivity contribution in [2.45, 2.75) is 0 Å². The number of hydrogen-bond acceptors (Lipinski definition) is 5. The lowest BCUT2D eigenvalue weighted by Crippen LogP contribution is -2.04. The number of pyridine rings is 1. The van der Waals surface area contributed by atoms with Gasteiger partial charge in [0.15, 0.2) is 5.82 Å².